The lowest BCUT2D eigenvalue weighted by molar-refractivity contribution is 0.600. The Balaban J connectivity index is 2.36. The molecule has 0 radical (unpaired) electrons. The Morgan fingerprint density at radius 1 is 1.50 bits per heavy atom. The molecule has 0 saturated carbocycles. The summed E-state index contributed by atoms with van der Waals surface area (Å²) in [4.78, 5) is 17.1. The van der Waals surface area contributed by atoms with Crippen molar-refractivity contribution in [3.05, 3.63) is 38.7 Å². The minimum Gasteiger partial charge on any atom is -0.326 e. The number of aryl methyl sites for hydroxylation is 1. The molecule has 0 aliphatic heterocycles. The van der Waals surface area contributed by atoms with Gasteiger partial charge in [0.25, 0.3) is 15.6 Å². The summed E-state index contributed by atoms with van der Waals surface area (Å²) in [6.07, 6.45) is 1.08. The first-order chi connectivity index (χ1) is 8.38. The Bertz CT molecular complexity index is 736. The Hall–Kier alpha value is -1.38. The molecule has 0 bridgehead atoms. The zero-order chi connectivity index (χ0) is 13.3. The van der Waals surface area contributed by atoms with Crippen LogP contribution in [0, 0.1) is 6.92 Å². The fourth-order valence-electron chi connectivity index (χ4n) is 1.17. The molecule has 9 heteroatoms. The number of halogens is 1. The van der Waals surface area contributed by atoms with Crippen molar-refractivity contribution in [3.8, 4) is 0 Å². The van der Waals surface area contributed by atoms with Crippen molar-refractivity contribution in [1.29, 1.82) is 0 Å². The average Bonchev–Trinajstić information content (AvgIpc) is 2.67. The first kappa shape index (κ1) is 13.1. The van der Waals surface area contributed by atoms with Crippen molar-refractivity contribution >= 4 is 38.1 Å². The molecule has 0 aliphatic rings. The zero-order valence-electron chi connectivity index (χ0n) is 9.10. The van der Waals surface area contributed by atoms with Gasteiger partial charge in [0.1, 0.15) is 9.92 Å². The van der Waals surface area contributed by atoms with E-state index in [0.29, 0.717) is 0 Å². The molecule has 0 fully saturated rings. The van der Waals surface area contributed by atoms with Gasteiger partial charge in [-0.1, -0.05) is 11.6 Å². The Morgan fingerprint density at radius 3 is 2.78 bits per heavy atom. The number of hydrogen-bond acceptors (Lipinski definition) is 5. The molecular formula is C9H8ClN3O3S2. The van der Waals surface area contributed by atoms with E-state index < -0.39 is 15.6 Å². The van der Waals surface area contributed by atoms with Gasteiger partial charge < -0.3 is 4.98 Å². The van der Waals surface area contributed by atoms with E-state index in [4.69, 9.17) is 11.6 Å². The minimum absolute atomic E-state index is 0.125. The summed E-state index contributed by atoms with van der Waals surface area (Å²) >= 11 is 6.75. The topological polar surface area (TPSA) is 91.9 Å². The molecule has 0 aliphatic carbocycles. The van der Waals surface area contributed by atoms with E-state index in [1.54, 1.807) is 12.3 Å². The van der Waals surface area contributed by atoms with Crippen LogP contribution in [0.3, 0.4) is 0 Å². The van der Waals surface area contributed by atoms with Crippen LogP contribution < -0.4 is 10.3 Å². The number of pyridine rings is 1. The molecule has 0 amide bonds. The molecule has 2 N–H and O–H groups in total. The molecule has 18 heavy (non-hydrogen) atoms. The maximum Gasteiger partial charge on any atom is 0.266 e. The summed E-state index contributed by atoms with van der Waals surface area (Å²) in [5, 5.41) is 1.79. The van der Waals surface area contributed by atoms with Gasteiger partial charge in [-0.3, -0.25) is 9.52 Å². The van der Waals surface area contributed by atoms with Gasteiger partial charge in [-0.2, -0.15) is 0 Å². The molecule has 2 aromatic rings. The monoisotopic (exact) mass is 305 g/mol. The highest BCUT2D eigenvalue weighted by Crippen LogP contribution is 2.19. The average molecular weight is 306 g/mol. The fraction of sp³-hybridized carbons (Fsp3) is 0.111. The third-order valence-electron chi connectivity index (χ3n) is 1.98. The molecule has 0 aromatic carbocycles. The molecule has 6 nitrogen and oxygen atoms in total. The van der Waals surface area contributed by atoms with E-state index in [-0.39, 0.29) is 15.0 Å². The van der Waals surface area contributed by atoms with Crippen LogP contribution in [0.4, 0.5) is 5.13 Å². The van der Waals surface area contributed by atoms with Gasteiger partial charge in [-0.15, -0.1) is 11.3 Å². The normalized spacial score (nSPS) is 11.4. The maximum atomic E-state index is 11.9. The third kappa shape index (κ3) is 2.71. The number of H-pyrrole nitrogens is 1. The summed E-state index contributed by atoms with van der Waals surface area (Å²) in [6, 6.07) is 1.09. The van der Waals surface area contributed by atoms with Gasteiger partial charge in [-0.05, 0) is 13.0 Å². The number of sulfonamides is 1. The third-order valence-corrected chi connectivity index (χ3v) is 4.59. The SMILES string of the molecule is Cc1csc(NS(=O)(=O)c2c[nH]c(=O)c(Cl)c2)n1. The zero-order valence-corrected chi connectivity index (χ0v) is 11.5. The van der Waals surface area contributed by atoms with Gasteiger partial charge in [0, 0.05) is 11.6 Å². The largest absolute Gasteiger partial charge is 0.326 e. The van der Waals surface area contributed by atoms with E-state index in [1.165, 1.54) is 11.3 Å². The Morgan fingerprint density at radius 2 is 2.22 bits per heavy atom. The number of aromatic amines is 1. The number of aromatic nitrogens is 2. The number of hydrogen-bond donors (Lipinski definition) is 2. The van der Waals surface area contributed by atoms with Crippen LogP contribution in [0.25, 0.3) is 0 Å². The second kappa shape index (κ2) is 4.71. The van der Waals surface area contributed by atoms with Gasteiger partial charge in [-0.25, -0.2) is 13.4 Å². The smallest absolute Gasteiger partial charge is 0.266 e. The second-order valence-corrected chi connectivity index (χ2v) is 6.36. The molecule has 0 spiro atoms. The quantitative estimate of drug-likeness (QED) is 0.901. The summed E-state index contributed by atoms with van der Waals surface area (Å²) in [5.74, 6) is 0. The highest BCUT2D eigenvalue weighted by molar-refractivity contribution is 7.93. The standard InChI is InChI=1S/C9H8ClN3O3S2/c1-5-4-17-9(12-5)13-18(15,16)6-2-7(10)8(14)11-3-6/h2-4H,1H3,(H,11,14)(H,12,13). The van der Waals surface area contributed by atoms with Crippen molar-refractivity contribution in [2.75, 3.05) is 4.72 Å². The summed E-state index contributed by atoms with van der Waals surface area (Å²) < 4.78 is 26.2. The van der Waals surface area contributed by atoms with Crippen molar-refractivity contribution in [2.24, 2.45) is 0 Å². The number of thiazole rings is 1. The number of nitrogens with zero attached hydrogens (tertiary/aromatic N) is 1. The van der Waals surface area contributed by atoms with E-state index in [0.717, 1.165) is 18.0 Å². The van der Waals surface area contributed by atoms with Crippen LogP contribution in [-0.2, 0) is 10.0 Å². The van der Waals surface area contributed by atoms with Crippen molar-refractivity contribution in [1.82, 2.24) is 9.97 Å². The molecule has 2 heterocycles. The van der Waals surface area contributed by atoms with E-state index in [1.807, 2.05) is 0 Å². The van der Waals surface area contributed by atoms with Gasteiger partial charge in [0.15, 0.2) is 5.13 Å². The molecule has 2 aromatic heterocycles. The number of anilines is 1. The lowest BCUT2D eigenvalue weighted by Crippen LogP contribution is -2.15. The van der Waals surface area contributed by atoms with Gasteiger partial charge >= 0.3 is 0 Å². The number of nitrogens with one attached hydrogen (secondary N) is 2. The summed E-state index contributed by atoms with van der Waals surface area (Å²) in [6.45, 7) is 1.76. The first-order valence-corrected chi connectivity index (χ1v) is 7.46. The summed E-state index contributed by atoms with van der Waals surface area (Å²) in [5.41, 5.74) is 0.179. The van der Waals surface area contributed by atoms with E-state index in [2.05, 4.69) is 14.7 Å². The highest BCUT2D eigenvalue weighted by Gasteiger charge is 2.17. The Labute approximate surface area is 112 Å². The van der Waals surface area contributed by atoms with Crippen LogP contribution >= 0.6 is 22.9 Å². The van der Waals surface area contributed by atoms with Crippen LogP contribution in [0.2, 0.25) is 5.02 Å². The van der Waals surface area contributed by atoms with Crippen molar-refractivity contribution < 1.29 is 8.42 Å². The predicted octanol–water partition coefficient (Wildman–Crippen LogP) is 1.59. The maximum absolute atomic E-state index is 11.9. The predicted molar refractivity (Wildman–Crippen MR) is 69.7 cm³/mol. The first-order valence-electron chi connectivity index (χ1n) is 4.72. The summed E-state index contributed by atoms with van der Waals surface area (Å²) in [7, 11) is -3.80. The lowest BCUT2D eigenvalue weighted by atomic mass is 10.5. The molecule has 0 unspecified atom stereocenters. The van der Waals surface area contributed by atoms with E-state index in [9.17, 15) is 13.2 Å². The van der Waals surface area contributed by atoms with Gasteiger partial charge in [0.05, 0.1) is 5.69 Å². The van der Waals surface area contributed by atoms with Crippen LogP contribution in [0.15, 0.2) is 27.3 Å². The fourth-order valence-corrected chi connectivity index (χ4v) is 3.34. The van der Waals surface area contributed by atoms with Gasteiger partial charge in [0.2, 0.25) is 0 Å². The van der Waals surface area contributed by atoms with Crippen LogP contribution in [-0.4, -0.2) is 18.4 Å². The molecule has 0 saturated heterocycles. The minimum atomic E-state index is -3.80. The van der Waals surface area contributed by atoms with Crippen LogP contribution in [0.1, 0.15) is 5.69 Å². The second-order valence-electron chi connectivity index (χ2n) is 3.41. The molecule has 0 atom stereocenters. The number of rotatable bonds is 3. The molecule has 96 valence electrons. The van der Waals surface area contributed by atoms with Crippen molar-refractivity contribution in [2.45, 2.75) is 11.8 Å². The van der Waals surface area contributed by atoms with Crippen molar-refractivity contribution in [3.63, 3.8) is 0 Å². The van der Waals surface area contributed by atoms with Crippen LogP contribution in [0.5, 0.6) is 0 Å². The molecule has 2 rings (SSSR count). The van der Waals surface area contributed by atoms with E-state index >= 15 is 0 Å². The lowest BCUT2D eigenvalue weighted by Gasteiger charge is -2.04. The molecular weight excluding hydrogens is 298 g/mol. The Kier molecular flexibility index (Phi) is 3.42. The highest BCUT2D eigenvalue weighted by atomic mass is 35.5.